The van der Waals surface area contributed by atoms with Crippen molar-refractivity contribution in [3.8, 4) is 0 Å². The van der Waals surface area contributed by atoms with Crippen LogP contribution in [0.1, 0.15) is 20.3 Å². The largest absolute Gasteiger partial charge is 0.380 e. The highest BCUT2D eigenvalue weighted by atomic mass is 127. The molecule has 0 saturated carbocycles. The van der Waals surface area contributed by atoms with Crippen molar-refractivity contribution >= 4 is 29.9 Å². The number of halogens is 1. The van der Waals surface area contributed by atoms with E-state index in [-0.39, 0.29) is 24.0 Å². The third-order valence-corrected chi connectivity index (χ3v) is 1.81. The van der Waals surface area contributed by atoms with Crippen LogP contribution in [0.5, 0.6) is 0 Å². The summed E-state index contributed by atoms with van der Waals surface area (Å²) in [4.78, 5) is 4.10. The third-order valence-electron chi connectivity index (χ3n) is 1.81. The lowest BCUT2D eigenvalue weighted by Crippen LogP contribution is -2.39. The molecule has 4 nitrogen and oxygen atoms in total. The molecular formula is C11H24IN3O. The maximum atomic E-state index is 5.21. The molecule has 0 aliphatic rings. The summed E-state index contributed by atoms with van der Waals surface area (Å²) in [6.07, 6.45) is 5.19. The van der Waals surface area contributed by atoms with E-state index in [2.05, 4.69) is 21.7 Å². The van der Waals surface area contributed by atoms with Crippen LogP contribution < -0.4 is 10.6 Å². The van der Waals surface area contributed by atoms with Gasteiger partial charge in [-0.15, -0.1) is 24.0 Å². The van der Waals surface area contributed by atoms with Crippen molar-refractivity contribution in [2.45, 2.75) is 20.3 Å². The second kappa shape index (κ2) is 14.7. The number of hydrogen-bond acceptors (Lipinski definition) is 2. The Kier molecular flexibility index (Phi) is 16.6. The fraction of sp³-hybridized carbons (Fsp3) is 0.727. The fourth-order valence-electron chi connectivity index (χ4n) is 1.05. The Hall–Kier alpha value is -0.300. The molecule has 2 N–H and O–H groups in total. The Labute approximate surface area is 116 Å². The standard InChI is InChI=1S/C11H23N3O.HI/c1-4-6-7-8-13-11(12-3)14-9-10-15-5-2;/h4,6H,5,7-10H2,1-3H3,(H2,12,13,14);1H. The number of hydrogen-bond donors (Lipinski definition) is 2. The van der Waals surface area contributed by atoms with Gasteiger partial charge in [0.1, 0.15) is 0 Å². The molecule has 0 radical (unpaired) electrons. The lowest BCUT2D eigenvalue weighted by Gasteiger charge is -2.10. The molecule has 0 atom stereocenters. The molecule has 0 rings (SSSR count). The Balaban J connectivity index is 0. The maximum Gasteiger partial charge on any atom is 0.191 e. The first kappa shape index (κ1) is 18.1. The summed E-state index contributed by atoms with van der Waals surface area (Å²) in [5.41, 5.74) is 0. The van der Waals surface area contributed by atoms with E-state index in [0.717, 1.165) is 32.1 Å². The molecular weight excluding hydrogens is 317 g/mol. The van der Waals surface area contributed by atoms with Crippen molar-refractivity contribution in [3.05, 3.63) is 12.2 Å². The van der Waals surface area contributed by atoms with Crippen LogP contribution in [0, 0.1) is 0 Å². The first-order valence-electron chi connectivity index (χ1n) is 5.48. The Bertz CT molecular complexity index is 196. The summed E-state index contributed by atoms with van der Waals surface area (Å²) in [6, 6.07) is 0. The molecule has 0 heterocycles. The maximum absolute atomic E-state index is 5.21. The van der Waals surface area contributed by atoms with Crippen molar-refractivity contribution in [1.29, 1.82) is 0 Å². The molecule has 96 valence electrons. The topological polar surface area (TPSA) is 45.7 Å². The van der Waals surface area contributed by atoms with Crippen LogP contribution in [-0.2, 0) is 4.74 Å². The molecule has 0 unspecified atom stereocenters. The van der Waals surface area contributed by atoms with E-state index in [1.54, 1.807) is 7.05 Å². The normalized spacial score (nSPS) is 11.3. The van der Waals surface area contributed by atoms with Gasteiger partial charge < -0.3 is 15.4 Å². The third kappa shape index (κ3) is 11.8. The van der Waals surface area contributed by atoms with E-state index in [0.29, 0.717) is 6.61 Å². The molecule has 0 saturated heterocycles. The van der Waals surface area contributed by atoms with E-state index >= 15 is 0 Å². The molecule has 0 aromatic carbocycles. The van der Waals surface area contributed by atoms with Gasteiger partial charge in [-0.2, -0.15) is 0 Å². The number of rotatable bonds is 7. The highest BCUT2D eigenvalue weighted by Crippen LogP contribution is 1.79. The van der Waals surface area contributed by atoms with Crippen LogP contribution in [0.4, 0.5) is 0 Å². The quantitative estimate of drug-likeness (QED) is 0.244. The van der Waals surface area contributed by atoms with Crippen LogP contribution in [0.15, 0.2) is 17.1 Å². The van der Waals surface area contributed by atoms with E-state index in [9.17, 15) is 0 Å². The summed E-state index contributed by atoms with van der Waals surface area (Å²) < 4.78 is 5.21. The number of ether oxygens (including phenoxy) is 1. The molecule has 0 bridgehead atoms. The van der Waals surface area contributed by atoms with Gasteiger partial charge in [0, 0.05) is 26.7 Å². The Morgan fingerprint density at radius 2 is 2.00 bits per heavy atom. The van der Waals surface area contributed by atoms with Crippen molar-refractivity contribution in [1.82, 2.24) is 10.6 Å². The minimum Gasteiger partial charge on any atom is -0.380 e. The van der Waals surface area contributed by atoms with Crippen LogP contribution in [0.2, 0.25) is 0 Å². The number of guanidine groups is 1. The van der Waals surface area contributed by atoms with Crippen LogP contribution in [0.25, 0.3) is 0 Å². The molecule has 0 spiro atoms. The van der Waals surface area contributed by atoms with Gasteiger partial charge in [0.05, 0.1) is 6.61 Å². The summed E-state index contributed by atoms with van der Waals surface area (Å²) >= 11 is 0. The molecule has 0 amide bonds. The first-order valence-corrected chi connectivity index (χ1v) is 5.48. The van der Waals surface area contributed by atoms with Gasteiger partial charge in [-0.1, -0.05) is 12.2 Å². The lowest BCUT2D eigenvalue weighted by atomic mass is 10.4. The van der Waals surface area contributed by atoms with Crippen molar-refractivity contribution in [2.75, 3.05) is 33.4 Å². The van der Waals surface area contributed by atoms with Crippen molar-refractivity contribution in [2.24, 2.45) is 4.99 Å². The van der Waals surface area contributed by atoms with E-state index in [1.165, 1.54) is 0 Å². The summed E-state index contributed by atoms with van der Waals surface area (Å²) in [5, 5.41) is 6.38. The first-order chi connectivity index (χ1) is 7.35. The molecule has 0 fully saturated rings. The summed E-state index contributed by atoms with van der Waals surface area (Å²) in [5.74, 6) is 0.833. The zero-order valence-corrected chi connectivity index (χ0v) is 12.8. The minimum atomic E-state index is 0. The zero-order valence-electron chi connectivity index (χ0n) is 10.5. The minimum absolute atomic E-state index is 0. The average Bonchev–Trinajstić information content (AvgIpc) is 2.27. The highest BCUT2D eigenvalue weighted by Gasteiger charge is 1.94. The van der Waals surface area contributed by atoms with E-state index < -0.39 is 0 Å². The highest BCUT2D eigenvalue weighted by molar-refractivity contribution is 14.0. The van der Waals surface area contributed by atoms with Crippen LogP contribution in [0.3, 0.4) is 0 Å². The van der Waals surface area contributed by atoms with Crippen LogP contribution >= 0.6 is 24.0 Å². The molecule has 5 heteroatoms. The Morgan fingerprint density at radius 1 is 1.31 bits per heavy atom. The number of nitrogens with zero attached hydrogens (tertiary/aromatic N) is 1. The predicted molar refractivity (Wildman–Crippen MR) is 80.7 cm³/mol. The van der Waals surface area contributed by atoms with Crippen molar-refractivity contribution in [3.63, 3.8) is 0 Å². The molecule has 0 aliphatic heterocycles. The van der Waals surface area contributed by atoms with Gasteiger partial charge in [0.15, 0.2) is 5.96 Å². The average molecular weight is 341 g/mol. The molecule has 0 aromatic rings. The lowest BCUT2D eigenvalue weighted by molar-refractivity contribution is 0.152. The zero-order chi connectivity index (χ0) is 11.4. The van der Waals surface area contributed by atoms with Gasteiger partial charge in [-0.3, -0.25) is 4.99 Å². The number of aliphatic imine (C=N–C) groups is 1. The fourth-order valence-corrected chi connectivity index (χ4v) is 1.05. The molecule has 0 aliphatic carbocycles. The smallest absolute Gasteiger partial charge is 0.191 e. The summed E-state index contributed by atoms with van der Waals surface area (Å²) in [6.45, 7) is 7.18. The predicted octanol–water partition coefficient (Wildman–Crippen LogP) is 1.77. The molecule has 16 heavy (non-hydrogen) atoms. The second-order valence-corrected chi connectivity index (χ2v) is 2.98. The Morgan fingerprint density at radius 3 is 2.56 bits per heavy atom. The summed E-state index contributed by atoms with van der Waals surface area (Å²) in [7, 11) is 1.77. The van der Waals surface area contributed by atoms with E-state index in [4.69, 9.17) is 4.74 Å². The van der Waals surface area contributed by atoms with Crippen LogP contribution in [-0.4, -0.2) is 39.3 Å². The SMILES string of the molecule is CC=CCCNC(=NC)NCCOCC.I. The van der Waals surface area contributed by atoms with Crippen molar-refractivity contribution < 1.29 is 4.74 Å². The van der Waals surface area contributed by atoms with Gasteiger partial charge in [0.25, 0.3) is 0 Å². The monoisotopic (exact) mass is 341 g/mol. The van der Waals surface area contributed by atoms with E-state index in [1.807, 2.05) is 19.9 Å². The van der Waals surface area contributed by atoms with Gasteiger partial charge >= 0.3 is 0 Å². The number of nitrogens with one attached hydrogen (secondary N) is 2. The second-order valence-electron chi connectivity index (χ2n) is 2.98. The molecule has 0 aromatic heterocycles. The van der Waals surface area contributed by atoms with Gasteiger partial charge in [-0.25, -0.2) is 0 Å². The van der Waals surface area contributed by atoms with Gasteiger partial charge in [0.2, 0.25) is 0 Å². The van der Waals surface area contributed by atoms with Gasteiger partial charge in [-0.05, 0) is 20.3 Å². The number of allylic oxidation sites excluding steroid dienone is 1.